The van der Waals surface area contributed by atoms with Crippen molar-refractivity contribution in [3.8, 4) is 0 Å². The second-order valence-corrected chi connectivity index (χ2v) is 5.94. The first-order valence-electron chi connectivity index (χ1n) is 8.08. The third-order valence-corrected chi connectivity index (χ3v) is 4.04. The highest BCUT2D eigenvalue weighted by molar-refractivity contribution is 5.95. The Morgan fingerprint density at radius 1 is 1.22 bits per heavy atom. The van der Waals surface area contributed by atoms with Crippen molar-refractivity contribution >= 4 is 17.9 Å². The van der Waals surface area contributed by atoms with Crippen molar-refractivity contribution in [2.75, 3.05) is 0 Å². The van der Waals surface area contributed by atoms with E-state index in [2.05, 4.69) is 10.6 Å². The van der Waals surface area contributed by atoms with E-state index in [0.717, 1.165) is 24.8 Å². The molecule has 0 spiro atoms. The molecule has 1 aliphatic carbocycles. The summed E-state index contributed by atoms with van der Waals surface area (Å²) < 4.78 is 0. The third-order valence-electron chi connectivity index (χ3n) is 4.04. The van der Waals surface area contributed by atoms with Gasteiger partial charge in [-0.1, -0.05) is 43.2 Å². The van der Waals surface area contributed by atoms with Crippen molar-refractivity contribution < 1.29 is 14.7 Å². The van der Waals surface area contributed by atoms with Gasteiger partial charge in [0.15, 0.2) is 0 Å². The quantitative estimate of drug-likeness (QED) is 0.722. The SMILES string of the molecule is CC(NC(=O)/C=C/c1ccccc1)C(=O)NC1CCCCC1O. The number of aliphatic hydroxyl groups is 1. The van der Waals surface area contributed by atoms with Crippen molar-refractivity contribution in [1.29, 1.82) is 0 Å². The molecule has 2 amide bonds. The number of carbonyl (C=O) groups excluding carboxylic acids is 2. The number of carbonyl (C=O) groups is 2. The fourth-order valence-corrected chi connectivity index (χ4v) is 2.65. The van der Waals surface area contributed by atoms with Gasteiger partial charge in [-0.2, -0.15) is 0 Å². The van der Waals surface area contributed by atoms with E-state index in [0.29, 0.717) is 6.42 Å². The molecule has 1 saturated carbocycles. The van der Waals surface area contributed by atoms with E-state index >= 15 is 0 Å². The summed E-state index contributed by atoms with van der Waals surface area (Å²) in [5, 5.41) is 15.3. The average molecular weight is 316 g/mol. The molecule has 0 bridgehead atoms. The number of benzene rings is 1. The smallest absolute Gasteiger partial charge is 0.244 e. The molecular weight excluding hydrogens is 292 g/mol. The van der Waals surface area contributed by atoms with Crippen molar-refractivity contribution in [1.82, 2.24) is 10.6 Å². The minimum atomic E-state index is -0.642. The van der Waals surface area contributed by atoms with Crippen LogP contribution in [-0.2, 0) is 9.59 Å². The first-order chi connectivity index (χ1) is 11.1. The van der Waals surface area contributed by atoms with Crippen LogP contribution in [0.25, 0.3) is 6.08 Å². The topological polar surface area (TPSA) is 78.4 Å². The Labute approximate surface area is 136 Å². The maximum absolute atomic E-state index is 12.1. The van der Waals surface area contributed by atoms with Crippen LogP contribution < -0.4 is 10.6 Å². The summed E-state index contributed by atoms with van der Waals surface area (Å²) in [7, 11) is 0. The van der Waals surface area contributed by atoms with E-state index in [1.165, 1.54) is 6.08 Å². The Kier molecular flexibility index (Phi) is 6.35. The van der Waals surface area contributed by atoms with E-state index in [1.807, 2.05) is 30.3 Å². The molecule has 0 radical (unpaired) electrons. The van der Waals surface area contributed by atoms with Gasteiger partial charge in [-0.25, -0.2) is 0 Å². The lowest BCUT2D eigenvalue weighted by Crippen LogP contribution is -2.52. The second-order valence-electron chi connectivity index (χ2n) is 5.94. The van der Waals surface area contributed by atoms with Crippen LogP contribution in [0.2, 0.25) is 0 Å². The lowest BCUT2D eigenvalue weighted by molar-refractivity contribution is -0.128. The van der Waals surface area contributed by atoms with Crippen LogP contribution in [0, 0.1) is 0 Å². The highest BCUT2D eigenvalue weighted by Crippen LogP contribution is 2.18. The van der Waals surface area contributed by atoms with E-state index in [-0.39, 0.29) is 17.9 Å². The Bertz CT molecular complexity index is 557. The molecule has 2 rings (SSSR count). The maximum Gasteiger partial charge on any atom is 0.244 e. The summed E-state index contributed by atoms with van der Waals surface area (Å²) in [5.74, 6) is -0.585. The molecule has 1 fully saturated rings. The van der Waals surface area contributed by atoms with Gasteiger partial charge in [0, 0.05) is 6.08 Å². The average Bonchev–Trinajstić information content (AvgIpc) is 2.56. The summed E-state index contributed by atoms with van der Waals surface area (Å²) in [5.41, 5.74) is 0.921. The van der Waals surface area contributed by atoms with Gasteiger partial charge < -0.3 is 15.7 Å². The molecule has 0 heterocycles. The molecule has 0 saturated heterocycles. The Morgan fingerprint density at radius 2 is 1.91 bits per heavy atom. The van der Waals surface area contributed by atoms with E-state index in [1.54, 1.807) is 13.0 Å². The molecule has 124 valence electrons. The number of nitrogens with one attached hydrogen (secondary N) is 2. The number of aliphatic hydroxyl groups excluding tert-OH is 1. The predicted molar refractivity (Wildman–Crippen MR) is 89.5 cm³/mol. The first kappa shape index (κ1) is 17.2. The maximum atomic E-state index is 12.1. The third kappa shape index (κ3) is 5.53. The van der Waals surface area contributed by atoms with Gasteiger partial charge in [-0.05, 0) is 31.4 Å². The van der Waals surface area contributed by atoms with Crippen LogP contribution in [0.15, 0.2) is 36.4 Å². The van der Waals surface area contributed by atoms with E-state index < -0.39 is 12.1 Å². The van der Waals surface area contributed by atoms with Gasteiger partial charge in [0.25, 0.3) is 0 Å². The number of rotatable bonds is 5. The van der Waals surface area contributed by atoms with Crippen LogP contribution in [0.4, 0.5) is 0 Å². The van der Waals surface area contributed by atoms with Gasteiger partial charge in [0.05, 0.1) is 12.1 Å². The van der Waals surface area contributed by atoms with Crippen LogP contribution in [0.1, 0.15) is 38.2 Å². The molecule has 1 aromatic rings. The molecule has 3 unspecified atom stereocenters. The standard InChI is InChI=1S/C18H24N2O3/c1-13(18(23)20-15-9-5-6-10-16(15)21)19-17(22)12-11-14-7-3-2-4-8-14/h2-4,7-8,11-13,15-16,21H,5-6,9-10H2,1H3,(H,19,22)(H,20,23)/b12-11+. The zero-order chi connectivity index (χ0) is 16.7. The zero-order valence-corrected chi connectivity index (χ0v) is 13.4. The van der Waals surface area contributed by atoms with Crippen molar-refractivity contribution in [3.63, 3.8) is 0 Å². The van der Waals surface area contributed by atoms with E-state index in [9.17, 15) is 14.7 Å². The monoisotopic (exact) mass is 316 g/mol. The van der Waals surface area contributed by atoms with Gasteiger partial charge in [0.1, 0.15) is 6.04 Å². The van der Waals surface area contributed by atoms with Crippen molar-refractivity contribution in [3.05, 3.63) is 42.0 Å². The Balaban J connectivity index is 1.80. The zero-order valence-electron chi connectivity index (χ0n) is 13.4. The highest BCUT2D eigenvalue weighted by Gasteiger charge is 2.26. The van der Waals surface area contributed by atoms with Crippen LogP contribution >= 0.6 is 0 Å². The second kappa shape index (κ2) is 8.48. The Hall–Kier alpha value is -2.14. The number of amides is 2. The molecule has 0 aliphatic heterocycles. The fourth-order valence-electron chi connectivity index (χ4n) is 2.65. The molecular formula is C18H24N2O3. The minimum absolute atomic E-state index is 0.213. The molecule has 1 aliphatic rings. The normalized spacial score (nSPS) is 22.5. The summed E-state index contributed by atoms with van der Waals surface area (Å²) in [6, 6.07) is 8.62. The summed E-state index contributed by atoms with van der Waals surface area (Å²) in [6.45, 7) is 1.64. The van der Waals surface area contributed by atoms with E-state index in [4.69, 9.17) is 0 Å². The molecule has 0 aromatic heterocycles. The van der Waals surface area contributed by atoms with Crippen LogP contribution in [0.3, 0.4) is 0 Å². The van der Waals surface area contributed by atoms with Gasteiger partial charge >= 0.3 is 0 Å². The molecule has 1 aromatic carbocycles. The molecule has 3 atom stereocenters. The first-order valence-corrected chi connectivity index (χ1v) is 8.08. The lowest BCUT2D eigenvalue weighted by atomic mass is 9.92. The van der Waals surface area contributed by atoms with Gasteiger partial charge in [-0.3, -0.25) is 9.59 Å². The summed E-state index contributed by atoms with van der Waals surface area (Å²) >= 11 is 0. The lowest BCUT2D eigenvalue weighted by Gasteiger charge is -2.29. The predicted octanol–water partition coefficient (Wildman–Crippen LogP) is 1.62. The number of hydrogen-bond acceptors (Lipinski definition) is 3. The molecule has 23 heavy (non-hydrogen) atoms. The van der Waals surface area contributed by atoms with Crippen molar-refractivity contribution in [2.45, 2.75) is 50.8 Å². The largest absolute Gasteiger partial charge is 0.391 e. The number of hydrogen-bond donors (Lipinski definition) is 3. The van der Waals surface area contributed by atoms with Crippen LogP contribution in [-0.4, -0.2) is 35.1 Å². The molecule has 5 nitrogen and oxygen atoms in total. The van der Waals surface area contributed by atoms with Crippen LogP contribution in [0.5, 0.6) is 0 Å². The molecule has 5 heteroatoms. The Morgan fingerprint density at radius 3 is 2.61 bits per heavy atom. The van der Waals surface area contributed by atoms with Gasteiger partial charge in [-0.15, -0.1) is 0 Å². The molecule has 3 N–H and O–H groups in total. The van der Waals surface area contributed by atoms with Crippen molar-refractivity contribution in [2.24, 2.45) is 0 Å². The highest BCUT2D eigenvalue weighted by atomic mass is 16.3. The van der Waals surface area contributed by atoms with Gasteiger partial charge in [0.2, 0.25) is 11.8 Å². The summed E-state index contributed by atoms with van der Waals surface area (Å²) in [4.78, 5) is 24.0. The summed E-state index contributed by atoms with van der Waals surface area (Å²) in [6.07, 6.45) is 6.10. The fraction of sp³-hybridized carbons (Fsp3) is 0.444. The minimum Gasteiger partial charge on any atom is -0.391 e.